The summed E-state index contributed by atoms with van der Waals surface area (Å²) in [6.45, 7) is -1.05. The maximum atomic E-state index is 10.0. The molecule has 0 aromatic carbocycles. The molecule has 0 aromatic rings. The van der Waals surface area contributed by atoms with Gasteiger partial charge in [-0.25, -0.2) is 4.79 Å². The van der Waals surface area contributed by atoms with E-state index in [4.69, 9.17) is 20.4 Å². The second-order valence-corrected chi connectivity index (χ2v) is 2.23. The number of hydrogen-bond acceptors (Lipinski definition) is 5. The fourth-order valence-electron chi connectivity index (χ4n) is 0.440. The molecule has 0 saturated heterocycles. The van der Waals surface area contributed by atoms with E-state index in [9.17, 15) is 4.79 Å². The van der Waals surface area contributed by atoms with Crippen molar-refractivity contribution in [2.45, 2.75) is 12.2 Å². The first-order valence-corrected chi connectivity index (χ1v) is 3.35. The molecule has 0 rings (SSSR count). The molecule has 0 heterocycles. The van der Waals surface area contributed by atoms with Gasteiger partial charge in [0.1, 0.15) is 6.10 Å². The minimum atomic E-state index is -1.59. The van der Waals surface area contributed by atoms with Crippen LogP contribution in [-0.4, -0.2) is 58.4 Å². The second-order valence-electron chi connectivity index (χ2n) is 2.23. The molecule has 0 aromatic heterocycles. The molecule has 0 spiro atoms. The molecule has 0 aliphatic rings. The normalized spacial score (nSPS) is 13.4. The largest absolute Gasteiger partial charge is 1.00 e. The zero-order valence-electron chi connectivity index (χ0n) is 10.4. The Morgan fingerprint density at radius 3 is 2.14 bits per heavy atom. The molecule has 6 nitrogen and oxygen atoms in total. The summed E-state index contributed by atoms with van der Waals surface area (Å²) in [5.41, 5.74) is 0. The molecular formula is C6H14Na2O6. The van der Waals surface area contributed by atoms with Crippen molar-refractivity contribution in [1.82, 2.24) is 0 Å². The molecule has 4 N–H and O–H groups in total. The Labute approximate surface area is 129 Å². The van der Waals surface area contributed by atoms with Crippen molar-refractivity contribution in [3.63, 3.8) is 0 Å². The van der Waals surface area contributed by atoms with Gasteiger partial charge < -0.3 is 28.0 Å². The number of aliphatic hydroxyl groups excluding tert-OH is 3. The molecule has 2 unspecified atom stereocenters. The van der Waals surface area contributed by atoms with Crippen LogP contribution < -0.4 is 59.1 Å². The quantitative estimate of drug-likeness (QED) is 0.336. The minimum absolute atomic E-state index is 0. The summed E-state index contributed by atoms with van der Waals surface area (Å²) in [6.07, 6.45) is -2.62. The summed E-state index contributed by atoms with van der Waals surface area (Å²) >= 11 is 0. The van der Waals surface area contributed by atoms with Crippen molar-refractivity contribution in [2.24, 2.45) is 0 Å². The van der Waals surface area contributed by atoms with E-state index < -0.39 is 31.4 Å². The van der Waals surface area contributed by atoms with E-state index in [1.54, 1.807) is 0 Å². The van der Waals surface area contributed by atoms with Crippen molar-refractivity contribution < 1.29 is 91.9 Å². The Hall–Kier alpha value is 1.31. The van der Waals surface area contributed by atoms with Crippen LogP contribution in [0.4, 0.5) is 0 Å². The number of carbonyl (C=O) groups is 1. The Bertz CT molecular complexity index is 153. The van der Waals surface area contributed by atoms with Crippen LogP contribution in [0.3, 0.4) is 0 Å². The minimum Gasteiger partial charge on any atom is -1.00 e. The predicted molar refractivity (Wildman–Crippen MR) is 39.8 cm³/mol. The third-order valence-electron chi connectivity index (χ3n) is 1.08. The van der Waals surface area contributed by atoms with Crippen LogP contribution in [-0.2, 0) is 9.53 Å². The van der Waals surface area contributed by atoms with Gasteiger partial charge in [0.2, 0.25) is 0 Å². The number of aliphatic carboxylic acids is 1. The second kappa shape index (κ2) is 12.4. The van der Waals surface area contributed by atoms with Crippen molar-refractivity contribution >= 4 is 5.97 Å². The van der Waals surface area contributed by atoms with Gasteiger partial charge >= 0.3 is 65.1 Å². The van der Waals surface area contributed by atoms with Gasteiger partial charge in [-0.15, -0.1) is 0 Å². The van der Waals surface area contributed by atoms with Gasteiger partial charge in [-0.2, -0.15) is 0 Å². The topological polar surface area (TPSA) is 107 Å². The standard InChI is InChI=1S/C6H12O6.2Na.2H/c7-1-4(8)2-12-3-5(9)6(10)11;;;;/h4-5,7-9H,1-3H2,(H,10,11);;;;/q;2*+1;2*-1. The van der Waals surface area contributed by atoms with Crippen LogP contribution in [0.5, 0.6) is 0 Å². The molecule has 0 bridgehead atoms. The van der Waals surface area contributed by atoms with E-state index in [-0.39, 0.29) is 68.6 Å². The van der Waals surface area contributed by atoms with Crippen LogP contribution in [0.25, 0.3) is 0 Å². The summed E-state index contributed by atoms with van der Waals surface area (Å²) in [6, 6.07) is 0. The molecule has 0 radical (unpaired) electrons. The van der Waals surface area contributed by atoms with E-state index >= 15 is 0 Å². The van der Waals surface area contributed by atoms with Gasteiger partial charge in [-0.1, -0.05) is 0 Å². The number of ether oxygens (including phenoxy) is 1. The van der Waals surface area contributed by atoms with E-state index in [1.807, 2.05) is 0 Å². The molecule has 0 fully saturated rings. The Morgan fingerprint density at radius 2 is 1.79 bits per heavy atom. The Kier molecular flexibility index (Phi) is 18.3. The molecular weight excluding hydrogens is 214 g/mol. The van der Waals surface area contributed by atoms with Crippen LogP contribution in [0.15, 0.2) is 0 Å². The van der Waals surface area contributed by atoms with Gasteiger partial charge in [0.15, 0.2) is 6.10 Å². The zero-order valence-corrected chi connectivity index (χ0v) is 12.4. The van der Waals surface area contributed by atoms with Gasteiger partial charge in [0.25, 0.3) is 0 Å². The fourth-order valence-corrected chi connectivity index (χ4v) is 0.440. The number of carboxylic acid groups (broad SMARTS) is 1. The zero-order chi connectivity index (χ0) is 9.56. The summed E-state index contributed by atoms with van der Waals surface area (Å²) < 4.78 is 4.57. The first kappa shape index (κ1) is 20.7. The summed E-state index contributed by atoms with van der Waals surface area (Å²) in [5, 5.41) is 33.8. The maximum absolute atomic E-state index is 10.0. The smallest absolute Gasteiger partial charge is 1.00 e. The third-order valence-corrected chi connectivity index (χ3v) is 1.08. The van der Waals surface area contributed by atoms with E-state index in [1.165, 1.54) is 0 Å². The van der Waals surface area contributed by atoms with E-state index in [0.29, 0.717) is 0 Å². The molecule has 76 valence electrons. The van der Waals surface area contributed by atoms with Crippen LogP contribution in [0.1, 0.15) is 2.85 Å². The van der Waals surface area contributed by atoms with Crippen molar-refractivity contribution in [3.8, 4) is 0 Å². The monoisotopic (exact) mass is 228 g/mol. The van der Waals surface area contributed by atoms with Crippen LogP contribution in [0.2, 0.25) is 0 Å². The van der Waals surface area contributed by atoms with Gasteiger partial charge in [-0.05, 0) is 0 Å². The third kappa shape index (κ3) is 11.4. The first-order chi connectivity index (χ1) is 5.57. The first-order valence-electron chi connectivity index (χ1n) is 3.35. The number of carboxylic acids is 1. The Morgan fingerprint density at radius 1 is 1.29 bits per heavy atom. The Balaban J connectivity index is -0.000000101. The average molecular weight is 228 g/mol. The maximum Gasteiger partial charge on any atom is 1.00 e. The molecule has 8 heteroatoms. The van der Waals surface area contributed by atoms with Crippen molar-refractivity contribution in [1.29, 1.82) is 0 Å². The SMILES string of the molecule is O=C(O)C(O)COCC(O)CO.[H-].[H-].[Na+].[Na+]. The van der Waals surface area contributed by atoms with Crippen LogP contribution in [0, 0.1) is 0 Å². The molecule has 0 amide bonds. The van der Waals surface area contributed by atoms with Crippen molar-refractivity contribution in [3.05, 3.63) is 0 Å². The van der Waals surface area contributed by atoms with Crippen LogP contribution >= 0.6 is 0 Å². The summed E-state index contributed by atoms with van der Waals surface area (Å²) in [4.78, 5) is 10.0. The van der Waals surface area contributed by atoms with Gasteiger partial charge in [0, 0.05) is 0 Å². The molecule has 0 saturated carbocycles. The predicted octanol–water partition coefficient (Wildman–Crippen LogP) is -7.97. The summed E-state index contributed by atoms with van der Waals surface area (Å²) in [5.74, 6) is -1.38. The number of aliphatic hydroxyl groups is 3. The molecule has 14 heavy (non-hydrogen) atoms. The average Bonchev–Trinajstić information content (AvgIpc) is 2.03. The van der Waals surface area contributed by atoms with E-state index in [2.05, 4.69) is 4.74 Å². The molecule has 2 atom stereocenters. The van der Waals surface area contributed by atoms with Crippen molar-refractivity contribution in [2.75, 3.05) is 19.8 Å². The molecule has 0 aliphatic carbocycles. The fraction of sp³-hybridized carbons (Fsp3) is 0.833. The van der Waals surface area contributed by atoms with E-state index in [0.717, 1.165) is 0 Å². The van der Waals surface area contributed by atoms with Gasteiger partial charge in [0.05, 0.1) is 19.8 Å². The molecule has 0 aliphatic heterocycles. The summed E-state index contributed by atoms with van der Waals surface area (Å²) in [7, 11) is 0. The number of rotatable bonds is 6. The number of hydrogen-bond donors (Lipinski definition) is 4. The van der Waals surface area contributed by atoms with Gasteiger partial charge in [-0.3, -0.25) is 0 Å².